The molecule has 1 unspecified atom stereocenters. The first kappa shape index (κ1) is 14.7. The molecule has 1 aromatic heterocycles. The van der Waals surface area contributed by atoms with Crippen LogP contribution in [0, 0.1) is 17.2 Å². The molecule has 0 bridgehead atoms. The average molecular weight is 266 g/mol. The highest BCUT2D eigenvalue weighted by atomic mass is 32.1. The Kier molecular flexibility index (Phi) is 5.83. The lowest BCUT2D eigenvalue weighted by Gasteiger charge is -2.17. The maximum atomic E-state index is 11.6. The lowest BCUT2D eigenvalue weighted by atomic mass is 10.0. The van der Waals surface area contributed by atoms with Crippen molar-refractivity contribution in [3.8, 4) is 6.07 Å². The van der Waals surface area contributed by atoms with E-state index in [9.17, 15) is 4.79 Å². The van der Waals surface area contributed by atoms with E-state index in [-0.39, 0.29) is 12.0 Å². The van der Waals surface area contributed by atoms with E-state index in [0.717, 1.165) is 11.3 Å². The van der Waals surface area contributed by atoms with Crippen LogP contribution in [0.15, 0.2) is 11.4 Å². The number of hydrogen-bond acceptors (Lipinski definition) is 5. The number of carbonyl (C=O) groups is 1. The minimum atomic E-state index is -0.289. The molecule has 4 nitrogen and oxygen atoms in total. The molecule has 18 heavy (non-hydrogen) atoms. The fraction of sp³-hybridized carbons (Fsp3) is 0.538. The highest BCUT2D eigenvalue weighted by Gasteiger charge is 2.19. The molecule has 1 heterocycles. The van der Waals surface area contributed by atoms with Gasteiger partial charge in [-0.3, -0.25) is 10.1 Å². The van der Waals surface area contributed by atoms with Gasteiger partial charge < -0.3 is 4.74 Å². The first-order chi connectivity index (χ1) is 8.56. The second-order valence-electron chi connectivity index (χ2n) is 4.50. The summed E-state index contributed by atoms with van der Waals surface area (Å²) in [6.45, 7) is 4.71. The zero-order chi connectivity index (χ0) is 13.5. The number of esters is 1. The lowest BCUT2D eigenvalue weighted by Crippen LogP contribution is -2.38. The maximum absolute atomic E-state index is 11.6. The minimum Gasteiger partial charge on any atom is -0.468 e. The van der Waals surface area contributed by atoms with E-state index < -0.39 is 0 Å². The zero-order valence-corrected chi connectivity index (χ0v) is 11.7. The van der Waals surface area contributed by atoms with Crippen LogP contribution < -0.4 is 5.32 Å². The summed E-state index contributed by atoms with van der Waals surface area (Å²) in [6, 6.07) is 3.64. The van der Waals surface area contributed by atoms with E-state index >= 15 is 0 Å². The first-order valence-corrected chi connectivity index (χ1v) is 6.73. The van der Waals surface area contributed by atoms with Crippen LogP contribution >= 0.6 is 11.3 Å². The molecule has 0 aliphatic heterocycles. The van der Waals surface area contributed by atoms with E-state index in [1.807, 2.05) is 11.4 Å². The summed E-state index contributed by atoms with van der Waals surface area (Å²) >= 11 is 1.52. The third kappa shape index (κ3) is 4.47. The number of carbonyl (C=O) groups excluding carboxylic acids is 1. The van der Waals surface area contributed by atoms with Gasteiger partial charge in [0.1, 0.15) is 12.1 Å². The van der Waals surface area contributed by atoms with E-state index in [2.05, 4.69) is 25.2 Å². The number of ether oxygens (including phenoxy) is 1. The fourth-order valence-electron chi connectivity index (χ4n) is 1.63. The third-order valence-corrected chi connectivity index (χ3v) is 3.44. The second-order valence-corrected chi connectivity index (χ2v) is 5.50. The summed E-state index contributed by atoms with van der Waals surface area (Å²) in [5.74, 6) is 0.181. The van der Waals surface area contributed by atoms with Crippen LogP contribution in [0.2, 0.25) is 0 Å². The molecule has 0 fully saturated rings. The molecule has 98 valence electrons. The number of thiophene rings is 1. The van der Waals surface area contributed by atoms with Gasteiger partial charge in [0.2, 0.25) is 0 Å². The smallest absolute Gasteiger partial charge is 0.322 e. The minimum absolute atomic E-state index is 0.235. The Balaban J connectivity index is 2.56. The molecular formula is C13H18N2O2S. The molecule has 5 heteroatoms. The number of hydrogen-bond donors (Lipinski definition) is 1. The van der Waals surface area contributed by atoms with Gasteiger partial charge in [-0.25, -0.2) is 0 Å². The van der Waals surface area contributed by atoms with Gasteiger partial charge in [-0.2, -0.15) is 5.26 Å². The molecule has 0 saturated heterocycles. The van der Waals surface area contributed by atoms with Gasteiger partial charge in [-0.15, -0.1) is 11.3 Å². The van der Waals surface area contributed by atoms with Crippen molar-refractivity contribution >= 4 is 17.3 Å². The standard InChI is InChI=1S/C13H18N2O2S/c1-9(2)4-12(13(16)17-3)15-7-11-5-10(6-14)8-18-11/h5,8-9,12,15H,4,7H2,1-3H3. The molecule has 0 saturated carbocycles. The van der Waals surface area contributed by atoms with Gasteiger partial charge >= 0.3 is 5.97 Å². The number of rotatable bonds is 6. The second kappa shape index (κ2) is 7.14. The number of nitrogens with one attached hydrogen (secondary N) is 1. The Hall–Kier alpha value is -1.38. The highest BCUT2D eigenvalue weighted by molar-refractivity contribution is 7.10. The van der Waals surface area contributed by atoms with Crippen molar-refractivity contribution in [1.82, 2.24) is 5.32 Å². The van der Waals surface area contributed by atoms with Gasteiger partial charge in [0.05, 0.1) is 12.7 Å². The van der Waals surface area contributed by atoms with Gasteiger partial charge in [0, 0.05) is 16.8 Å². The monoisotopic (exact) mass is 266 g/mol. The molecule has 0 aromatic carbocycles. The van der Waals surface area contributed by atoms with Crippen molar-refractivity contribution < 1.29 is 9.53 Å². The zero-order valence-electron chi connectivity index (χ0n) is 10.9. The molecule has 1 N–H and O–H groups in total. The molecular weight excluding hydrogens is 248 g/mol. The van der Waals surface area contributed by atoms with Crippen molar-refractivity contribution in [2.24, 2.45) is 5.92 Å². The van der Waals surface area contributed by atoms with Gasteiger partial charge in [0.15, 0.2) is 0 Å². The SMILES string of the molecule is COC(=O)C(CC(C)C)NCc1cc(C#N)cs1. The van der Waals surface area contributed by atoms with E-state index in [4.69, 9.17) is 10.00 Å². The molecule has 0 spiro atoms. The Morgan fingerprint density at radius 2 is 2.33 bits per heavy atom. The number of methoxy groups -OCH3 is 1. The summed E-state index contributed by atoms with van der Waals surface area (Å²) in [5, 5.41) is 13.7. The number of nitrogens with zero attached hydrogens (tertiary/aromatic N) is 1. The maximum Gasteiger partial charge on any atom is 0.322 e. The molecule has 1 atom stereocenters. The predicted molar refractivity (Wildman–Crippen MR) is 71.1 cm³/mol. The molecule has 1 aromatic rings. The quantitative estimate of drug-likeness (QED) is 0.802. The third-order valence-electron chi connectivity index (χ3n) is 2.50. The van der Waals surface area contributed by atoms with Crippen molar-refractivity contribution in [2.75, 3.05) is 7.11 Å². The summed E-state index contributed by atoms with van der Waals surface area (Å²) in [5.41, 5.74) is 0.662. The Bertz CT molecular complexity index is 434. The van der Waals surface area contributed by atoms with E-state index in [1.54, 1.807) is 0 Å². The molecule has 1 rings (SSSR count). The molecule has 0 aliphatic rings. The van der Waals surface area contributed by atoms with Crippen molar-refractivity contribution in [3.63, 3.8) is 0 Å². The first-order valence-electron chi connectivity index (χ1n) is 5.85. The summed E-state index contributed by atoms with van der Waals surface area (Å²) < 4.78 is 4.78. The number of nitriles is 1. The Morgan fingerprint density at radius 1 is 1.61 bits per heavy atom. The van der Waals surface area contributed by atoms with Crippen molar-refractivity contribution in [2.45, 2.75) is 32.9 Å². The Morgan fingerprint density at radius 3 is 2.83 bits per heavy atom. The summed E-state index contributed by atoms with van der Waals surface area (Å²) in [4.78, 5) is 12.6. The van der Waals surface area contributed by atoms with Crippen LogP contribution in [0.3, 0.4) is 0 Å². The summed E-state index contributed by atoms with van der Waals surface area (Å²) in [7, 11) is 1.40. The van der Waals surface area contributed by atoms with Crippen molar-refractivity contribution in [3.05, 3.63) is 21.9 Å². The largest absolute Gasteiger partial charge is 0.468 e. The van der Waals surface area contributed by atoms with Crippen molar-refractivity contribution in [1.29, 1.82) is 5.26 Å². The van der Waals surface area contributed by atoms with Gasteiger partial charge in [0.25, 0.3) is 0 Å². The van der Waals surface area contributed by atoms with Crippen LogP contribution in [-0.2, 0) is 16.1 Å². The molecule has 0 amide bonds. The Labute approximate surface area is 112 Å². The molecule has 0 radical (unpaired) electrons. The van der Waals surface area contributed by atoms with Crippen LogP contribution in [-0.4, -0.2) is 19.1 Å². The van der Waals surface area contributed by atoms with Gasteiger partial charge in [-0.1, -0.05) is 13.8 Å². The molecule has 0 aliphatic carbocycles. The van der Waals surface area contributed by atoms with Crippen LogP contribution in [0.4, 0.5) is 0 Å². The predicted octanol–water partition coefficient (Wildman–Crippen LogP) is 2.30. The normalized spacial score (nSPS) is 12.2. The van der Waals surface area contributed by atoms with Crippen LogP contribution in [0.25, 0.3) is 0 Å². The fourth-order valence-corrected chi connectivity index (χ4v) is 2.39. The topological polar surface area (TPSA) is 62.1 Å². The van der Waals surface area contributed by atoms with Gasteiger partial charge in [-0.05, 0) is 18.4 Å². The van der Waals surface area contributed by atoms with Crippen LogP contribution in [0.1, 0.15) is 30.7 Å². The lowest BCUT2D eigenvalue weighted by molar-refractivity contribution is -0.143. The average Bonchev–Trinajstić information content (AvgIpc) is 2.81. The highest BCUT2D eigenvalue weighted by Crippen LogP contribution is 2.14. The van der Waals surface area contributed by atoms with Crippen LogP contribution in [0.5, 0.6) is 0 Å². The summed E-state index contributed by atoms with van der Waals surface area (Å²) in [6.07, 6.45) is 0.739. The van der Waals surface area contributed by atoms with E-state index in [0.29, 0.717) is 18.0 Å². The van der Waals surface area contributed by atoms with E-state index in [1.165, 1.54) is 18.4 Å².